The van der Waals surface area contributed by atoms with Crippen LogP contribution in [0.1, 0.15) is 28.4 Å². The van der Waals surface area contributed by atoms with Gasteiger partial charge in [-0.25, -0.2) is 4.99 Å². The number of ether oxygens (including phenoxy) is 1. The molecule has 2 aromatic rings. The Morgan fingerprint density at radius 3 is 2.52 bits per heavy atom. The molecule has 1 heterocycles. The second kappa shape index (κ2) is 7.48. The quantitative estimate of drug-likeness (QED) is 0.829. The zero-order valence-corrected chi connectivity index (χ0v) is 15.0. The molecule has 1 aliphatic rings. The first kappa shape index (κ1) is 17.2. The van der Waals surface area contributed by atoms with Gasteiger partial charge in [-0.3, -0.25) is 20.2 Å². The number of nitrogens with zero attached hydrogens (tertiary/aromatic N) is 1. The van der Waals surface area contributed by atoms with Crippen LogP contribution in [0.4, 0.5) is 0 Å². The molecule has 0 saturated heterocycles. The number of aliphatic imine (C=N–C) groups is 1. The van der Waals surface area contributed by atoms with E-state index in [1.807, 2.05) is 24.3 Å². The van der Waals surface area contributed by atoms with E-state index in [1.165, 1.54) is 0 Å². The van der Waals surface area contributed by atoms with Gasteiger partial charge in [-0.15, -0.1) is 0 Å². The standard InChI is InChI=1S/C18H16BrN3O3/c1-25-14-8-4-11(5-9-14)15-10-16(23)21-18(20-15)22-17(24)12-2-6-13(19)7-3-12/h2-9,15H,10H2,1H3,(H2,20,21,22,23,24). The van der Waals surface area contributed by atoms with Crippen LogP contribution in [0, 0.1) is 0 Å². The molecule has 7 heteroatoms. The predicted molar refractivity (Wildman–Crippen MR) is 97.5 cm³/mol. The first-order valence-electron chi connectivity index (χ1n) is 7.63. The van der Waals surface area contributed by atoms with E-state index in [-0.39, 0.29) is 30.2 Å². The van der Waals surface area contributed by atoms with Crippen LogP contribution >= 0.6 is 15.9 Å². The largest absolute Gasteiger partial charge is 0.497 e. The molecule has 2 aromatic carbocycles. The summed E-state index contributed by atoms with van der Waals surface area (Å²) in [6.45, 7) is 0. The predicted octanol–water partition coefficient (Wildman–Crippen LogP) is 2.80. The number of methoxy groups -OCH3 is 1. The van der Waals surface area contributed by atoms with Crippen molar-refractivity contribution in [2.75, 3.05) is 7.11 Å². The van der Waals surface area contributed by atoms with Gasteiger partial charge in [0.2, 0.25) is 11.9 Å². The van der Waals surface area contributed by atoms with Crippen molar-refractivity contribution in [1.29, 1.82) is 0 Å². The van der Waals surface area contributed by atoms with Crippen molar-refractivity contribution in [3.63, 3.8) is 0 Å². The Morgan fingerprint density at radius 2 is 1.88 bits per heavy atom. The summed E-state index contributed by atoms with van der Waals surface area (Å²) in [6.07, 6.45) is 0.226. The topological polar surface area (TPSA) is 79.8 Å². The number of amides is 2. The molecule has 0 bridgehead atoms. The van der Waals surface area contributed by atoms with E-state index in [4.69, 9.17) is 4.74 Å². The highest BCUT2D eigenvalue weighted by molar-refractivity contribution is 9.10. The number of carbonyl (C=O) groups excluding carboxylic acids is 2. The van der Waals surface area contributed by atoms with E-state index in [9.17, 15) is 9.59 Å². The van der Waals surface area contributed by atoms with Gasteiger partial charge in [-0.05, 0) is 42.0 Å². The first-order chi connectivity index (χ1) is 12.0. The monoisotopic (exact) mass is 401 g/mol. The Hall–Kier alpha value is -2.67. The van der Waals surface area contributed by atoms with Crippen LogP contribution < -0.4 is 15.4 Å². The maximum absolute atomic E-state index is 12.3. The van der Waals surface area contributed by atoms with E-state index in [2.05, 4.69) is 31.6 Å². The number of nitrogens with one attached hydrogen (secondary N) is 2. The minimum Gasteiger partial charge on any atom is -0.497 e. The van der Waals surface area contributed by atoms with Crippen molar-refractivity contribution in [1.82, 2.24) is 10.6 Å². The molecular weight excluding hydrogens is 386 g/mol. The molecule has 0 spiro atoms. The van der Waals surface area contributed by atoms with Crippen LogP contribution in [0.25, 0.3) is 0 Å². The lowest BCUT2D eigenvalue weighted by atomic mass is 10.0. The zero-order valence-electron chi connectivity index (χ0n) is 13.5. The first-order valence-corrected chi connectivity index (χ1v) is 8.43. The van der Waals surface area contributed by atoms with E-state index < -0.39 is 0 Å². The number of rotatable bonds is 3. The molecular formula is C18H16BrN3O3. The van der Waals surface area contributed by atoms with Gasteiger partial charge >= 0.3 is 0 Å². The van der Waals surface area contributed by atoms with Gasteiger partial charge in [0.25, 0.3) is 5.91 Å². The smallest absolute Gasteiger partial charge is 0.257 e. The number of hydrogen-bond acceptors (Lipinski definition) is 4. The minimum atomic E-state index is -0.347. The maximum atomic E-state index is 12.3. The number of benzene rings is 2. The van der Waals surface area contributed by atoms with Gasteiger partial charge in [0.1, 0.15) is 5.75 Å². The summed E-state index contributed by atoms with van der Waals surface area (Å²) >= 11 is 3.32. The van der Waals surface area contributed by atoms with Crippen molar-refractivity contribution in [3.8, 4) is 5.75 Å². The molecule has 0 aromatic heterocycles. The van der Waals surface area contributed by atoms with Crippen molar-refractivity contribution in [2.45, 2.75) is 12.5 Å². The number of guanidine groups is 1. The number of carbonyl (C=O) groups is 2. The third-order valence-corrected chi connectivity index (χ3v) is 4.29. The van der Waals surface area contributed by atoms with Gasteiger partial charge in [0.05, 0.1) is 19.6 Å². The highest BCUT2D eigenvalue weighted by atomic mass is 79.9. The highest BCUT2D eigenvalue weighted by Crippen LogP contribution is 2.25. The Balaban J connectivity index is 1.77. The molecule has 1 aliphatic heterocycles. The van der Waals surface area contributed by atoms with Crippen LogP contribution in [0.3, 0.4) is 0 Å². The Morgan fingerprint density at radius 1 is 1.20 bits per heavy atom. The fourth-order valence-electron chi connectivity index (χ4n) is 2.46. The van der Waals surface area contributed by atoms with Crippen LogP contribution in [0.15, 0.2) is 58.0 Å². The normalized spacial score (nSPS) is 16.6. The average molecular weight is 402 g/mol. The average Bonchev–Trinajstić information content (AvgIpc) is 2.62. The Bertz CT molecular complexity index is 816. The lowest BCUT2D eigenvalue weighted by molar-refractivity contribution is -0.120. The molecule has 0 aliphatic carbocycles. The zero-order chi connectivity index (χ0) is 17.8. The summed E-state index contributed by atoms with van der Waals surface area (Å²) in [5.41, 5.74) is 1.36. The second-order valence-corrected chi connectivity index (χ2v) is 6.40. The fraction of sp³-hybridized carbons (Fsp3) is 0.167. The van der Waals surface area contributed by atoms with Gasteiger partial charge < -0.3 is 4.74 Å². The summed E-state index contributed by atoms with van der Waals surface area (Å²) in [5, 5.41) is 5.24. The van der Waals surface area contributed by atoms with Crippen LogP contribution in [0.2, 0.25) is 0 Å². The van der Waals surface area contributed by atoms with Crippen LogP contribution in [-0.4, -0.2) is 24.9 Å². The van der Waals surface area contributed by atoms with Crippen molar-refractivity contribution in [3.05, 3.63) is 64.1 Å². The lowest BCUT2D eigenvalue weighted by Crippen LogP contribution is -2.47. The third-order valence-electron chi connectivity index (χ3n) is 3.76. The summed E-state index contributed by atoms with van der Waals surface area (Å²) < 4.78 is 6.01. The number of hydrogen-bond donors (Lipinski definition) is 2. The Kier molecular flexibility index (Phi) is 5.14. The summed E-state index contributed by atoms with van der Waals surface area (Å²) in [5.74, 6) is 0.366. The molecule has 1 atom stereocenters. The fourth-order valence-corrected chi connectivity index (χ4v) is 2.72. The van der Waals surface area contributed by atoms with E-state index >= 15 is 0 Å². The molecule has 3 rings (SSSR count). The van der Waals surface area contributed by atoms with Crippen molar-refractivity contribution in [2.24, 2.45) is 4.99 Å². The molecule has 25 heavy (non-hydrogen) atoms. The third kappa shape index (κ3) is 4.24. The summed E-state index contributed by atoms with van der Waals surface area (Å²) in [7, 11) is 1.59. The molecule has 6 nitrogen and oxygen atoms in total. The highest BCUT2D eigenvalue weighted by Gasteiger charge is 2.23. The molecule has 0 fully saturated rings. The van der Waals surface area contributed by atoms with Crippen LogP contribution in [0.5, 0.6) is 5.75 Å². The van der Waals surface area contributed by atoms with Crippen molar-refractivity contribution < 1.29 is 14.3 Å². The molecule has 0 saturated carbocycles. The second-order valence-electron chi connectivity index (χ2n) is 5.48. The molecule has 2 N–H and O–H groups in total. The van der Waals surface area contributed by atoms with Gasteiger partial charge in [-0.2, -0.15) is 0 Å². The van der Waals surface area contributed by atoms with Crippen molar-refractivity contribution >= 4 is 33.7 Å². The SMILES string of the molecule is COc1ccc(C2CC(=O)NC(NC(=O)c3ccc(Br)cc3)=N2)cc1. The van der Waals surface area contributed by atoms with E-state index in [0.29, 0.717) is 5.56 Å². The maximum Gasteiger partial charge on any atom is 0.257 e. The minimum absolute atomic E-state index is 0.157. The van der Waals surface area contributed by atoms with Gasteiger partial charge in [0, 0.05) is 10.0 Å². The van der Waals surface area contributed by atoms with Gasteiger partial charge in [0.15, 0.2) is 0 Å². The molecule has 0 radical (unpaired) electrons. The lowest BCUT2D eigenvalue weighted by Gasteiger charge is -2.21. The summed E-state index contributed by atoms with van der Waals surface area (Å²) in [4.78, 5) is 28.7. The Labute approximate surface area is 153 Å². The molecule has 2 amide bonds. The molecule has 128 valence electrons. The molecule has 1 unspecified atom stereocenters. The van der Waals surface area contributed by atoms with E-state index in [1.54, 1.807) is 31.4 Å². The van der Waals surface area contributed by atoms with E-state index in [0.717, 1.165) is 15.8 Å². The van der Waals surface area contributed by atoms with Crippen LogP contribution in [-0.2, 0) is 4.79 Å². The van der Waals surface area contributed by atoms with Gasteiger partial charge in [-0.1, -0.05) is 28.1 Å². The summed E-state index contributed by atoms with van der Waals surface area (Å²) in [6, 6.07) is 13.9. The number of halogens is 1.